The molecule has 6 rings (SSSR count). The van der Waals surface area contributed by atoms with Crippen molar-refractivity contribution in [3.8, 4) is 0 Å². The number of hydrogen-bond donors (Lipinski definition) is 2. The number of rotatable bonds is 4. The van der Waals surface area contributed by atoms with Crippen molar-refractivity contribution in [2.45, 2.75) is 50.5 Å². The summed E-state index contributed by atoms with van der Waals surface area (Å²) in [5.74, 6) is 2.97. The van der Waals surface area contributed by atoms with Gasteiger partial charge in [0.25, 0.3) is 0 Å². The van der Waals surface area contributed by atoms with E-state index in [2.05, 4.69) is 50.6 Å². The second kappa shape index (κ2) is 7.13. The molecule has 2 aliphatic carbocycles. The van der Waals surface area contributed by atoms with Gasteiger partial charge in [-0.2, -0.15) is 0 Å². The van der Waals surface area contributed by atoms with Crippen LogP contribution in [0.5, 0.6) is 0 Å². The highest BCUT2D eigenvalue weighted by Gasteiger charge is 2.36. The van der Waals surface area contributed by atoms with E-state index in [1.807, 2.05) is 0 Å². The normalized spacial score (nSPS) is 25.1. The van der Waals surface area contributed by atoms with Gasteiger partial charge in [0.15, 0.2) is 0 Å². The van der Waals surface area contributed by atoms with E-state index in [9.17, 15) is 0 Å². The lowest BCUT2D eigenvalue weighted by Crippen LogP contribution is -2.35. The van der Waals surface area contributed by atoms with Crippen molar-refractivity contribution in [3.63, 3.8) is 0 Å². The van der Waals surface area contributed by atoms with Crippen LogP contribution in [-0.2, 0) is 11.2 Å². The van der Waals surface area contributed by atoms with Crippen LogP contribution in [0.3, 0.4) is 0 Å². The van der Waals surface area contributed by atoms with Crippen molar-refractivity contribution in [2.75, 3.05) is 18.5 Å². The summed E-state index contributed by atoms with van der Waals surface area (Å²) in [6, 6.07) is 11.5. The summed E-state index contributed by atoms with van der Waals surface area (Å²) in [7, 11) is 0. The van der Waals surface area contributed by atoms with Gasteiger partial charge >= 0.3 is 0 Å². The van der Waals surface area contributed by atoms with E-state index in [1.165, 1.54) is 55.3 Å². The first-order valence-corrected chi connectivity index (χ1v) is 11.1. The molecule has 0 amide bonds. The van der Waals surface area contributed by atoms with Gasteiger partial charge < -0.3 is 15.0 Å². The minimum absolute atomic E-state index is 0.292. The van der Waals surface area contributed by atoms with Gasteiger partial charge in [-0.05, 0) is 73.5 Å². The molecule has 2 fully saturated rings. The molecule has 0 unspecified atom stereocenters. The third kappa shape index (κ3) is 3.21. The summed E-state index contributed by atoms with van der Waals surface area (Å²) < 4.78 is 5.66. The van der Waals surface area contributed by atoms with Crippen LogP contribution in [0.4, 0.5) is 5.82 Å². The Morgan fingerprint density at radius 3 is 2.72 bits per heavy atom. The van der Waals surface area contributed by atoms with Crippen LogP contribution < -0.4 is 5.32 Å². The van der Waals surface area contributed by atoms with E-state index in [-0.39, 0.29) is 0 Å². The van der Waals surface area contributed by atoms with E-state index >= 15 is 0 Å². The maximum Gasteiger partial charge on any atom is 0.143 e. The van der Waals surface area contributed by atoms with Crippen molar-refractivity contribution < 1.29 is 4.74 Å². The largest absolute Gasteiger partial charge is 0.381 e. The highest BCUT2D eigenvalue weighted by Crippen LogP contribution is 2.45. The second-order valence-corrected chi connectivity index (χ2v) is 8.96. The molecule has 5 heteroatoms. The number of benzene rings is 1. The SMILES string of the molecule is c1ccc2c(c1)CC[C@@H](C1CCOCC1)[C@@H]2Nc1ncnc2[nH]c(C3CC3)cc12. The molecule has 1 saturated carbocycles. The minimum atomic E-state index is 0.292. The standard InChI is InChI=1S/C24H28N4O/c1-2-4-18-15(3-1)7-8-19(16-9-11-29-12-10-16)22(18)28-24-20-13-21(17-5-6-17)27-23(20)25-14-26-24/h1-4,13-14,16-17,19,22H,5-12H2,(H2,25,26,27,28)/t19-,22+/m0/s1. The summed E-state index contributed by atoms with van der Waals surface area (Å²) in [4.78, 5) is 12.7. The molecule has 0 spiro atoms. The van der Waals surface area contributed by atoms with E-state index in [0.29, 0.717) is 23.8 Å². The molecule has 3 aliphatic rings. The van der Waals surface area contributed by atoms with E-state index in [1.54, 1.807) is 6.33 Å². The maximum absolute atomic E-state index is 5.66. The van der Waals surface area contributed by atoms with Gasteiger partial charge in [0.2, 0.25) is 0 Å². The Kier molecular flexibility index (Phi) is 4.29. The highest BCUT2D eigenvalue weighted by molar-refractivity contribution is 5.88. The summed E-state index contributed by atoms with van der Waals surface area (Å²) in [6.07, 6.45) is 8.99. The number of hydrogen-bond acceptors (Lipinski definition) is 4. The molecule has 5 nitrogen and oxygen atoms in total. The van der Waals surface area contributed by atoms with E-state index < -0.39 is 0 Å². The first kappa shape index (κ1) is 17.5. The van der Waals surface area contributed by atoms with Crippen LogP contribution in [0.25, 0.3) is 11.0 Å². The molecule has 2 N–H and O–H groups in total. The van der Waals surface area contributed by atoms with Crippen LogP contribution in [0.1, 0.15) is 60.9 Å². The summed E-state index contributed by atoms with van der Waals surface area (Å²) >= 11 is 0. The van der Waals surface area contributed by atoms with Crippen LogP contribution in [0, 0.1) is 11.8 Å². The molecule has 150 valence electrons. The Morgan fingerprint density at radius 1 is 1.00 bits per heavy atom. The average Bonchev–Trinajstić information content (AvgIpc) is 3.53. The fraction of sp³-hybridized carbons (Fsp3) is 0.500. The topological polar surface area (TPSA) is 62.8 Å². The van der Waals surface area contributed by atoms with E-state index in [4.69, 9.17) is 4.74 Å². The van der Waals surface area contributed by atoms with Crippen molar-refractivity contribution in [3.05, 3.63) is 53.5 Å². The third-order valence-corrected chi connectivity index (χ3v) is 7.19. The number of fused-ring (bicyclic) bond motifs is 2. The molecule has 3 heterocycles. The molecule has 2 atom stereocenters. The molecular weight excluding hydrogens is 360 g/mol. The van der Waals surface area contributed by atoms with Crippen molar-refractivity contribution in [1.29, 1.82) is 0 Å². The number of anilines is 1. The van der Waals surface area contributed by atoms with Gasteiger partial charge in [-0.15, -0.1) is 0 Å². The lowest BCUT2D eigenvalue weighted by atomic mass is 9.71. The fourth-order valence-electron chi connectivity index (χ4n) is 5.46. The molecule has 2 aromatic heterocycles. The Morgan fingerprint density at radius 2 is 1.86 bits per heavy atom. The van der Waals surface area contributed by atoms with Gasteiger partial charge in [0, 0.05) is 18.9 Å². The molecule has 1 saturated heterocycles. The molecule has 0 bridgehead atoms. The molecule has 29 heavy (non-hydrogen) atoms. The lowest BCUT2D eigenvalue weighted by Gasteiger charge is -2.40. The Labute approximate surface area is 171 Å². The van der Waals surface area contributed by atoms with Crippen LogP contribution in [0.2, 0.25) is 0 Å². The summed E-state index contributed by atoms with van der Waals surface area (Å²) in [5.41, 5.74) is 5.19. The zero-order chi connectivity index (χ0) is 19.2. The summed E-state index contributed by atoms with van der Waals surface area (Å²) in [6.45, 7) is 1.80. The van der Waals surface area contributed by atoms with Crippen LogP contribution in [-0.4, -0.2) is 28.2 Å². The average molecular weight is 389 g/mol. The smallest absolute Gasteiger partial charge is 0.143 e. The fourth-order valence-corrected chi connectivity index (χ4v) is 5.46. The third-order valence-electron chi connectivity index (χ3n) is 7.19. The minimum Gasteiger partial charge on any atom is -0.381 e. The Balaban J connectivity index is 1.38. The number of aromatic amines is 1. The number of aromatic nitrogens is 3. The van der Waals surface area contributed by atoms with Gasteiger partial charge in [0.1, 0.15) is 17.8 Å². The number of aryl methyl sites for hydroxylation is 1. The van der Waals surface area contributed by atoms with Gasteiger partial charge in [0.05, 0.1) is 11.4 Å². The number of ether oxygens (including phenoxy) is 1. The zero-order valence-electron chi connectivity index (χ0n) is 16.7. The molecular formula is C24H28N4O. The highest BCUT2D eigenvalue weighted by atomic mass is 16.5. The molecule has 1 aliphatic heterocycles. The Hall–Kier alpha value is -2.40. The lowest BCUT2D eigenvalue weighted by molar-refractivity contribution is 0.0397. The van der Waals surface area contributed by atoms with Crippen molar-refractivity contribution in [2.24, 2.45) is 11.8 Å². The number of nitrogens with one attached hydrogen (secondary N) is 2. The predicted molar refractivity (Wildman–Crippen MR) is 114 cm³/mol. The second-order valence-electron chi connectivity index (χ2n) is 8.96. The van der Waals surface area contributed by atoms with Crippen LogP contribution in [0.15, 0.2) is 36.7 Å². The molecule has 1 aromatic carbocycles. The summed E-state index contributed by atoms with van der Waals surface area (Å²) in [5, 5.41) is 5.02. The van der Waals surface area contributed by atoms with Gasteiger partial charge in [-0.25, -0.2) is 9.97 Å². The van der Waals surface area contributed by atoms with Crippen molar-refractivity contribution >= 4 is 16.9 Å². The van der Waals surface area contributed by atoms with Gasteiger partial charge in [-0.1, -0.05) is 24.3 Å². The van der Waals surface area contributed by atoms with Crippen LogP contribution >= 0.6 is 0 Å². The van der Waals surface area contributed by atoms with E-state index in [0.717, 1.165) is 30.1 Å². The number of nitrogens with zero attached hydrogens (tertiary/aromatic N) is 2. The van der Waals surface area contributed by atoms with Crippen molar-refractivity contribution in [1.82, 2.24) is 15.0 Å². The first-order chi connectivity index (χ1) is 14.4. The first-order valence-electron chi connectivity index (χ1n) is 11.1. The molecule has 3 aromatic rings. The zero-order valence-corrected chi connectivity index (χ0v) is 16.7. The predicted octanol–water partition coefficient (Wildman–Crippen LogP) is 4.98. The Bertz CT molecular complexity index is 1020. The maximum atomic E-state index is 5.66. The monoisotopic (exact) mass is 388 g/mol. The number of H-pyrrole nitrogens is 1. The quantitative estimate of drug-likeness (QED) is 0.662. The van der Waals surface area contributed by atoms with Gasteiger partial charge in [-0.3, -0.25) is 0 Å². The molecule has 0 radical (unpaired) electrons.